The van der Waals surface area contributed by atoms with Crippen LogP contribution in [-0.4, -0.2) is 56.3 Å². The van der Waals surface area contributed by atoms with Crippen LogP contribution < -0.4 is 4.72 Å². The highest BCUT2D eigenvalue weighted by Crippen LogP contribution is 2.24. The van der Waals surface area contributed by atoms with Crippen molar-refractivity contribution < 1.29 is 17.6 Å². The van der Waals surface area contributed by atoms with E-state index in [1.807, 2.05) is 4.90 Å². The number of hydrogen-bond donors (Lipinski definition) is 1. The first-order valence-corrected chi connectivity index (χ1v) is 11.7. The number of carbonyl (C=O) groups excluding carboxylic acids is 1. The van der Waals surface area contributed by atoms with Crippen LogP contribution in [0.15, 0.2) is 53.4 Å². The summed E-state index contributed by atoms with van der Waals surface area (Å²) in [6.07, 6.45) is 2.05. The minimum atomic E-state index is -3.83. The van der Waals surface area contributed by atoms with Crippen LogP contribution in [0.4, 0.5) is 4.39 Å². The molecule has 0 radical (unpaired) electrons. The third kappa shape index (κ3) is 4.71. The van der Waals surface area contributed by atoms with Crippen LogP contribution >= 0.6 is 0 Å². The van der Waals surface area contributed by atoms with E-state index in [2.05, 4.69) is 33.9 Å². The topological polar surface area (TPSA) is 69.7 Å². The van der Waals surface area contributed by atoms with Gasteiger partial charge in [0, 0.05) is 45.2 Å². The molecule has 2 aliphatic rings. The number of benzene rings is 2. The standard InChI is InChI=1S/C22H26FN3O3S/c23-19-6-3-7-21(14-19)30(28,29)24-11-8-22(27)26-13-10-20(16-26)25-12-9-17-4-1-2-5-18(17)15-25/h1-7,14,20,24H,8-13,15-16H2. The van der Waals surface area contributed by atoms with Gasteiger partial charge in [-0.15, -0.1) is 0 Å². The molecule has 2 heterocycles. The van der Waals surface area contributed by atoms with Crippen LogP contribution in [0.25, 0.3) is 0 Å². The van der Waals surface area contributed by atoms with E-state index < -0.39 is 15.8 Å². The molecule has 30 heavy (non-hydrogen) atoms. The van der Waals surface area contributed by atoms with Gasteiger partial charge in [-0.05, 0) is 42.2 Å². The van der Waals surface area contributed by atoms with Crippen molar-refractivity contribution in [3.63, 3.8) is 0 Å². The molecular formula is C22H26FN3O3S. The summed E-state index contributed by atoms with van der Waals surface area (Å²) in [4.78, 5) is 16.7. The van der Waals surface area contributed by atoms with Crippen molar-refractivity contribution in [3.8, 4) is 0 Å². The molecule has 4 rings (SSSR count). The van der Waals surface area contributed by atoms with Gasteiger partial charge >= 0.3 is 0 Å². The number of sulfonamides is 1. The van der Waals surface area contributed by atoms with Crippen molar-refractivity contribution in [2.75, 3.05) is 26.2 Å². The van der Waals surface area contributed by atoms with Crippen LogP contribution in [0.1, 0.15) is 24.0 Å². The van der Waals surface area contributed by atoms with Crippen LogP contribution in [0.5, 0.6) is 0 Å². The Labute approximate surface area is 176 Å². The average molecular weight is 432 g/mol. The summed E-state index contributed by atoms with van der Waals surface area (Å²) in [7, 11) is -3.83. The third-order valence-electron chi connectivity index (χ3n) is 5.93. The number of hydrogen-bond acceptors (Lipinski definition) is 4. The highest BCUT2D eigenvalue weighted by Gasteiger charge is 2.31. The predicted molar refractivity (Wildman–Crippen MR) is 112 cm³/mol. The molecule has 1 unspecified atom stereocenters. The Morgan fingerprint density at radius 2 is 1.90 bits per heavy atom. The van der Waals surface area contributed by atoms with Gasteiger partial charge in [-0.2, -0.15) is 0 Å². The molecule has 1 saturated heterocycles. The van der Waals surface area contributed by atoms with E-state index >= 15 is 0 Å². The summed E-state index contributed by atoms with van der Waals surface area (Å²) in [5.41, 5.74) is 2.77. The zero-order valence-electron chi connectivity index (χ0n) is 16.8. The molecule has 1 N–H and O–H groups in total. The second kappa shape index (κ2) is 8.83. The fourth-order valence-corrected chi connectivity index (χ4v) is 5.33. The second-order valence-corrected chi connectivity index (χ2v) is 9.64. The number of likely N-dealkylation sites (tertiary alicyclic amines) is 1. The molecule has 160 valence electrons. The molecule has 2 aromatic carbocycles. The molecule has 0 spiro atoms. The Morgan fingerprint density at radius 1 is 1.10 bits per heavy atom. The quantitative estimate of drug-likeness (QED) is 0.761. The summed E-state index contributed by atoms with van der Waals surface area (Å²) in [5.74, 6) is -0.672. The molecule has 2 aliphatic heterocycles. The fourth-order valence-electron chi connectivity index (χ4n) is 4.26. The third-order valence-corrected chi connectivity index (χ3v) is 7.39. The van der Waals surface area contributed by atoms with Gasteiger partial charge in [-0.25, -0.2) is 17.5 Å². The number of rotatable bonds is 6. The Morgan fingerprint density at radius 3 is 2.70 bits per heavy atom. The average Bonchev–Trinajstić information content (AvgIpc) is 3.24. The number of halogens is 1. The largest absolute Gasteiger partial charge is 0.341 e. The molecule has 1 fully saturated rings. The molecule has 6 nitrogen and oxygen atoms in total. The highest BCUT2D eigenvalue weighted by molar-refractivity contribution is 7.89. The van der Waals surface area contributed by atoms with Crippen LogP contribution in [0.3, 0.4) is 0 Å². The lowest BCUT2D eigenvalue weighted by Gasteiger charge is -2.33. The first kappa shape index (κ1) is 21.0. The number of amides is 1. The van der Waals surface area contributed by atoms with Crippen molar-refractivity contribution in [1.82, 2.24) is 14.5 Å². The van der Waals surface area contributed by atoms with Crippen molar-refractivity contribution in [2.45, 2.75) is 36.7 Å². The zero-order chi connectivity index (χ0) is 21.1. The zero-order valence-corrected chi connectivity index (χ0v) is 17.6. The number of fused-ring (bicyclic) bond motifs is 1. The minimum Gasteiger partial charge on any atom is -0.341 e. The van der Waals surface area contributed by atoms with E-state index in [0.717, 1.165) is 32.0 Å². The molecule has 2 aromatic rings. The summed E-state index contributed by atoms with van der Waals surface area (Å²) >= 11 is 0. The minimum absolute atomic E-state index is 0.00403. The highest BCUT2D eigenvalue weighted by atomic mass is 32.2. The summed E-state index contributed by atoms with van der Waals surface area (Å²) in [5, 5.41) is 0. The van der Waals surface area contributed by atoms with Crippen LogP contribution in [-0.2, 0) is 27.8 Å². The number of carbonyl (C=O) groups is 1. The van der Waals surface area contributed by atoms with Gasteiger partial charge in [-0.3, -0.25) is 9.69 Å². The summed E-state index contributed by atoms with van der Waals surface area (Å²) in [6, 6.07) is 13.7. The van der Waals surface area contributed by atoms with Crippen LogP contribution in [0, 0.1) is 5.82 Å². The van der Waals surface area contributed by atoms with Crippen molar-refractivity contribution in [2.24, 2.45) is 0 Å². The van der Waals surface area contributed by atoms with Gasteiger partial charge in [0.2, 0.25) is 15.9 Å². The number of nitrogens with zero attached hydrogens (tertiary/aromatic N) is 2. The van der Waals surface area contributed by atoms with Gasteiger partial charge in [0.15, 0.2) is 0 Å². The fraction of sp³-hybridized carbons (Fsp3) is 0.409. The maximum absolute atomic E-state index is 13.3. The monoisotopic (exact) mass is 431 g/mol. The van der Waals surface area contributed by atoms with Gasteiger partial charge in [0.25, 0.3) is 0 Å². The molecule has 1 amide bonds. The molecule has 1 atom stereocenters. The van der Waals surface area contributed by atoms with Crippen molar-refractivity contribution in [3.05, 3.63) is 65.5 Å². The predicted octanol–water partition coefficient (Wildman–Crippen LogP) is 2.15. The Kier molecular flexibility index (Phi) is 6.17. The molecule has 0 bridgehead atoms. The van der Waals surface area contributed by atoms with E-state index in [9.17, 15) is 17.6 Å². The van der Waals surface area contributed by atoms with Crippen molar-refractivity contribution in [1.29, 1.82) is 0 Å². The van der Waals surface area contributed by atoms with Gasteiger partial charge in [-0.1, -0.05) is 30.3 Å². The molecule has 0 aromatic heterocycles. The molecule has 0 aliphatic carbocycles. The lowest BCUT2D eigenvalue weighted by molar-refractivity contribution is -0.130. The maximum atomic E-state index is 13.3. The molecule has 0 saturated carbocycles. The first-order chi connectivity index (χ1) is 14.4. The smallest absolute Gasteiger partial charge is 0.240 e. The van der Waals surface area contributed by atoms with Gasteiger partial charge in [0.05, 0.1) is 4.90 Å². The van der Waals surface area contributed by atoms with E-state index in [-0.39, 0.29) is 23.8 Å². The lowest BCUT2D eigenvalue weighted by atomic mass is 9.98. The van der Waals surface area contributed by atoms with E-state index in [1.54, 1.807) is 0 Å². The summed E-state index contributed by atoms with van der Waals surface area (Å²) in [6.45, 7) is 3.28. The molecular weight excluding hydrogens is 405 g/mol. The normalized spacial score (nSPS) is 19.6. The van der Waals surface area contributed by atoms with E-state index in [0.29, 0.717) is 19.1 Å². The second-order valence-electron chi connectivity index (χ2n) is 7.88. The van der Waals surface area contributed by atoms with Crippen LogP contribution in [0.2, 0.25) is 0 Å². The first-order valence-electron chi connectivity index (χ1n) is 10.3. The Hall–Kier alpha value is -2.29. The summed E-state index contributed by atoms with van der Waals surface area (Å²) < 4.78 is 40.1. The SMILES string of the molecule is O=C(CCNS(=O)(=O)c1cccc(F)c1)N1CCC(N2CCc3ccccc3C2)C1. The van der Waals surface area contributed by atoms with E-state index in [1.165, 1.54) is 29.3 Å². The molecule has 8 heteroatoms. The number of nitrogens with one attached hydrogen (secondary N) is 1. The van der Waals surface area contributed by atoms with Crippen molar-refractivity contribution >= 4 is 15.9 Å². The van der Waals surface area contributed by atoms with E-state index in [4.69, 9.17) is 0 Å². The van der Waals surface area contributed by atoms with Gasteiger partial charge in [0.1, 0.15) is 5.82 Å². The van der Waals surface area contributed by atoms with Gasteiger partial charge < -0.3 is 4.90 Å². The lowest BCUT2D eigenvalue weighted by Crippen LogP contribution is -2.42. The Bertz CT molecular complexity index is 1030. The Balaban J connectivity index is 1.26. The maximum Gasteiger partial charge on any atom is 0.240 e.